The van der Waals surface area contributed by atoms with Crippen LogP contribution >= 0.6 is 0 Å². The van der Waals surface area contributed by atoms with Crippen LogP contribution in [0.4, 0.5) is 5.69 Å². The minimum atomic E-state index is -0.895. The lowest BCUT2D eigenvalue weighted by molar-refractivity contribution is -0.150. The monoisotopic (exact) mass is 237 g/mol. The van der Waals surface area contributed by atoms with Crippen molar-refractivity contribution >= 4 is 11.7 Å². The predicted molar refractivity (Wildman–Crippen MR) is 67.4 cm³/mol. The molecule has 0 aromatic heterocycles. The van der Waals surface area contributed by atoms with Crippen LogP contribution in [0.2, 0.25) is 0 Å². The van der Waals surface area contributed by atoms with Crippen LogP contribution in [0.3, 0.4) is 0 Å². The van der Waals surface area contributed by atoms with Gasteiger partial charge in [-0.15, -0.1) is 0 Å². The fourth-order valence-corrected chi connectivity index (χ4v) is 1.60. The van der Waals surface area contributed by atoms with Crippen molar-refractivity contribution in [3.8, 4) is 0 Å². The van der Waals surface area contributed by atoms with E-state index in [1.165, 1.54) is 0 Å². The summed E-state index contributed by atoms with van der Waals surface area (Å²) in [6.45, 7) is 2.88. The van der Waals surface area contributed by atoms with Gasteiger partial charge in [0, 0.05) is 32.3 Å². The maximum atomic E-state index is 10.9. The van der Waals surface area contributed by atoms with Gasteiger partial charge in [-0.25, -0.2) is 4.79 Å². The molecule has 0 amide bonds. The number of carboxylic acids is 1. The number of rotatable bonds is 7. The number of hydrogen-bond donors (Lipinski definition) is 1. The highest BCUT2D eigenvalue weighted by atomic mass is 16.5. The van der Waals surface area contributed by atoms with Crippen molar-refractivity contribution in [3.05, 3.63) is 30.3 Å². The van der Waals surface area contributed by atoms with E-state index >= 15 is 0 Å². The van der Waals surface area contributed by atoms with Crippen molar-refractivity contribution in [2.24, 2.45) is 0 Å². The van der Waals surface area contributed by atoms with E-state index in [1.54, 1.807) is 6.92 Å². The van der Waals surface area contributed by atoms with E-state index in [1.807, 2.05) is 42.3 Å². The van der Waals surface area contributed by atoms with Gasteiger partial charge in [0.05, 0.1) is 0 Å². The summed E-state index contributed by atoms with van der Waals surface area (Å²) in [6.07, 6.45) is -0.236. The number of anilines is 1. The summed E-state index contributed by atoms with van der Waals surface area (Å²) in [5, 5.41) is 8.94. The number of carboxylic acid groups (broad SMARTS) is 1. The van der Waals surface area contributed by atoms with Crippen molar-refractivity contribution in [2.75, 3.05) is 25.1 Å². The Labute approximate surface area is 102 Å². The molecule has 4 heteroatoms. The Morgan fingerprint density at radius 1 is 1.41 bits per heavy atom. The molecule has 17 heavy (non-hydrogen) atoms. The van der Waals surface area contributed by atoms with Crippen molar-refractivity contribution in [3.63, 3.8) is 0 Å². The minimum Gasteiger partial charge on any atom is -0.479 e. The fraction of sp³-hybridized carbons (Fsp3) is 0.462. The van der Waals surface area contributed by atoms with E-state index < -0.39 is 12.1 Å². The molecule has 1 aromatic rings. The molecule has 0 spiro atoms. The highest BCUT2D eigenvalue weighted by Gasteiger charge is 2.17. The van der Waals surface area contributed by atoms with Crippen molar-refractivity contribution < 1.29 is 14.6 Å². The van der Waals surface area contributed by atoms with Crippen molar-refractivity contribution in [1.29, 1.82) is 0 Å². The summed E-state index contributed by atoms with van der Waals surface area (Å²) in [4.78, 5) is 12.9. The van der Waals surface area contributed by atoms with Gasteiger partial charge in [-0.1, -0.05) is 18.2 Å². The molecular formula is C13H19NO3. The van der Waals surface area contributed by atoms with Gasteiger partial charge >= 0.3 is 5.97 Å². The highest BCUT2D eigenvalue weighted by Crippen LogP contribution is 2.12. The molecule has 1 aromatic carbocycles. The zero-order chi connectivity index (χ0) is 12.7. The minimum absolute atomic E-state index is 0.423. The Balaban J connectivity index is 2.46. The summed E-state index contributed by atoms with van der Waals surface area (Å²) in [6, 6.07) is 9.87. The van der Waals surface area contributed by atoms with Gasteiger partial charge in [0.15, 0.2) is 6.10 Å². The van der Waals surface area contributed by atoms with Crippen LogP contribution in [0.15, 0.2) is 30.3 Å². The number of ether oxygens (including phenoxy) is 1. The lowest BCUT2D eigenvalue weighted by Crippen LogP contribution is -2.30. The molecular weight excluding hydrogens is 218 g/mol. The molecule has 1 rings (SSSR count). The molecule has 0 saturated heterocycles. The van der Waals surface area contributed by atoms with Gasteiger partial charge in [0.25, 0.3) is 0 Å². The maximum absolute atomic E-state index is 10.9. The summed E-state index contributed by atoms with van der Waals surface area (Å²) in [5.41, 5.74) is 1.08. The number of benzene rings is 1. The topological polar surface area (TPSA) is 49.8 Å². The van der Waals surface area contributed by atoms with Crippen LogP contribution in [-0.4, -0.2) is 37.4 Å². The zero-order valence-corrected chi connectivity index (χ0v) is 10.3. The molecule has 0 aliphatic rings. The van der Waals surface area contributed by atoms with Gasteiger partial charge in [0.1, 0.15) is 0 Å². The third-order valence-electron chi connectivity index (χ3n) is 2.57. The summed E-state index contributed by atoms with van der Waals surface area (Å²) in [7, 11) is 1.94. The molecule has 1 N–H and O–H groups in total. The van der Waals surface area contributed by atoms with Gasteiger partial charge in [-0.2, -0.15) is 0 Å². The molecule has 4 nitrogen and oxygen atoms in total. The second kappa shape index (κ2) is 6.91. The molecule has 0 aliphatic carbocycles. The predicted octanol–water partition coefficient (Wildman–Crippen LogP) is 2.00. The number of hydrogen-bond acceptors (Lipinski definition) is 3. The van der Waals surface area contributed by atoms with E-state index in [9.17, 15) is 4.79 Å². The first-order chi connectivity index (χ1) is 8.15. The number of nitrogens with zero attached hydrogens (tertiary/aromatic N) is 1. The fourth-order valence-electron chi connectivity index (χ4n) is 1.60. The van der Waals surface area contributed by atoms with Crippen LogP contribution < -0.4 is 4.90 Å². The molecule has 0 fully saturated rings. The van der Waals surface area contributed by atoms with Crippen LogP contribution in [0.5, 0.6) is 0 Å². The second-order valence-electron chi connectivity index (χ2n) is 3.83. The second-order valence-corrected chi connectivity index (χ2v) is 3.83. The Hall–Kier alpha value is -1.55. The van der Waals surface area contributed by atoms with Gasteiger partial charge in [-0.05, 0) is 19.1 Å². The molecule has 0 bridgehead atoms. The molecule has 0 radical (unpaired) electrons. The lowest BCUT2D eigenvalue weighted by Gasteiger charge is -2.21. The zero-order valence-electron chi connectivity index (χ0n) is 10.3. The van der Waals surface area contributed by atoms with E-state index in [-0.39, 0.29) is 0 Å². The van der Waals surface area contributed by atoms with Crippen LogP contribution in [0, 0.1) is 0 Å². The molecule has 0 aliphatic heterocycles. The van der Waals surface area contributed by atoms with E-state index in [0.29, 0.717) is 19.6 Å². The molecule has 0 saturated carbocycles. The van der Waals surface area contributed by atoms with Gasteiger partial charge < -0.3 is 14.7 Å². The summed E-state index contributed by atoms with van der Waals surface area (Å²) < 4.78 is 5.16. The van der Waals surface area contributed by atoms with E-state index in [4.69, 9.17) is 9.84 Å². The van der Waals surface area contributed by atoms with Crippen LogP contribution in [0.25, 0.3) is 0 Å². The SMILES string of the molecule is CCOC(CCN(C)c1ccccc1)C(=O)O. The van der Waals surface area contributed by atoms with Crippen molar-refractivity contribution in [2.45, 2.75) is 19.4 Å². The molecule has 94 valence electrons. The standard InChI is InChI=1S/C13H19NO3/c1-3-17-12(13(15)16)9-10-14(2)11-7-5-4-6-8-11/h4-8,12H,3,9-10H2,1-2H3,(H,15,16). The largest absolute Gasteiger partial charge is 0.479 e. The quantitative estimate of drug-likeness (QED) is 0.788. The number of para-hydroxylation sites is 1. The first kappa shape index (κ1) is 13.5. The average Bonchev–Trinajstić information content (AvgIpc) is 2.34. The first-order valence-corrected chi connectivity index (χ1v) is 5.75. The Morgan fingerprint density at radius 2 is 2.06 bits per heavy atom. The van der Waals surface area contributed by atoms with E-state index in [0.717, 1.165) is 5.69 Å². The molecule has 0 heterocycles. The van der Waals surface area contributed by atoms with Crippen molar-refractivity contribution in [1.82, 2.24) is 0 Å². The average molecular weight is 237 g/mol. The Morgan fingerprint density at radius 3 is 2.59 bits per heavy atom. The first-order valence-electron chi connectivity index (χ1n) is 5.75. The number of aliphatic carboxylic acids is 1. The third kappa shape index (κ3) is 4.44. The summed E-state index contributed by atoms with van der Waals surface area (Å²) in [5.74, 6) is -0.895. The van der Waals surface area contributed by atoms with Crippen LogP contribution in [-0.2, 0) is 9.53 Å². The number of carbonyl (C=O) groups is 1. The van der Waals surface area contributed by atoms with Gasteiger partial charge in [0.2, 0.25) is 0 Å². The van der Waals surface area contributed by atoms with Gasteiger partial charge in [-0.3, -0.25) is 0 Å². The maximum Gasteiger partial charge on any atom is 0.332 e. The highest BCUT2D eigenvalue weighted by molar-refractivity contribution is 5.72. The van der Waals surface area contributed by atoms with E-state index in [2.05, 4.69) is 0 Å². The normalized spacial score (nSPS) is 12.1. The third-order valence-corrected chi connectivity index (χ3v) is 2.57. The van der Waals surface area contributed by atoms with Crippen LogP contribution in [0.1, 0.15) is 13.3 Å². The Bertz CT molecular complexity index is 340. The lowest BCUT2D eigenvalue weighted by atomic mass is 10.2. The Kier molecular flexibility index (Phi) is 5.49. The molecule has 1 atom stereocenters. The molecule has 1 unspecified atom stereocenters. The summed E-state index contributed by atoms with van der Waals surface area (Å²) >= 11 is 0. The smallest absolute Gasteiger partial charge is 0.332 e.